The molecule has 0 unspecified atom stereocenters. The van der Waals surface area contributed by atoms with Gasteiger partial charge in [0.2, 0.25) is 0 Å². The summed E-state index contributed by atoms with van der Waals surface area (Å²) in [4.78, 5) is 11.7. The molecule has 7 heteroatoms. The lowest BCUT2D eigenvalue weighted by molar-refractivity contribution is -0.0163. The largest absolute Gasteiger partial charge is 0.457 e. The second kappa shape index (κ2) is 5.74. The van der Waals surface area contributed by atoms with E-state index in [9.17, 15) is 4.79 Å². The summed E-state index contributed by atoms with van der Waals surface area (Å²) in [6, 6.07) is 0. The fraction of sp³-hybridized carbons (Fsp3) is 0.700. The van der Waals surface area contributed by atoms with E-state index < -0.39 is 5.97 Å². The van der Waals surface area contributed by atoms with Gasteiger partial charge in [0.1, 0.15) is 6.10 Å². The van der Waals surface area contributed by atoms with Crippen LogP contribution in [-0.2, 0) is 16.0 Å². The molecule has 1 aliphatic heterocycles. The van der Waals surface area contributed by atoms with Crippen LogP contribution in [0.3, 0.4) is 0 Å². The molecule has 0 saturated carbocycles. The van der Waals surface area contributed by atoms with Crippen molar-refractivity contribution in [2.24, 2.45) is 5.73 Å². The van der Waals surface area contributed by atoms with Crippen LogP contribution >= 0.6 is 0 Å². The highest BCUT2D eigenvalue weighted by Gasteiger charge is 2.20. The highest BCUT2D eigenvalue weighted by molar-refractivity contribution is 5.86. The molecule has 0 aromatic carbocycles. The first kappa shape index (κ1) is 12.0. The average Bonchev–Trinajstić information content (AvgIpc) is 2.79. The molecule has 0 spiro atoms. The Morgan fingerprint density at radius 2 is 2.35 bits per heavy atom. The van der Waals surface area contributed by atoms with Crippen molar-refractivity contribution >= 4 is 5.97 Å². The normalized spacial score (nSPS) is 17.0. The van der Waals surface area contributed by atoms with Gasteiger partial charge in [-0.1, -0.05) is 5.21 Å². The van der Waals surface area contributed by atoms with Gasteiger partial charge in [0, 0.05) is 19.4 Å². The van der Waals surface area contributed by atoms with Crippen molar-refractivity contribution in [3.63, 3.8) is 0 Å². The number of nitrogens with two attached hydrogens (primary N) is 1. The van der Waals surface area contributed by atoms with E-state index in [0.717, 1.165) is 12.8 Å². The van der Waals surface area contributed by atoms with Crippen LogP contribution in [0, 0.1) is 0 Å². The molecule has 7 nitrogen and oxygen atoms in total. The topological polar surface area (TPSA) is 92.3 Å². The predicted molar refractivity (Wildman–Crippen MR) is 58.3 cm³/mol. The van der Waals surface area contributed by atoms with Crippen molar-refractivity contribution in [3.05, 3.63) is 11.9 Å². The summed E-state index contributed by atoms with van der Waals surface area (Å²) >= 11 is 0. The molecule has 1 aromatic heterocycles. The Labute approximate surface area is 98.9 Å². The second-order valence-corrected chi connectivity index (χ2v) is 3.87. The Bertz CT molecular complexity index is 373. The first-order valence-electron chi connectivity index (χ1n) is 5.68. The third-order valence-electron chi connectivity index (χ3n) is 2.55. The van der Waals surface area contributed by atoms with Crippen LogP contribution < -0.4 is 5.73 Å². The predicted octanol–water partition coefficient (Wildman–Crippen LogP) is -0.427. The fourth-order valence-electron chi connectivity index (χ4n) is 1.64. The van der Waals surface area contributed by atoms with Crippen molar-refractivity contribution < 1.29 is 14.3 Å². The molecular weight excluding hydrogens is 224 g/mol. The summed E-state index contributed by atoms with van der Waals surface area (Å²) in [6.07, 6.45) is 2.95. The molecule has 17 heavy (non-hydrogen) atoms. The van der Waals surface area contributed by atoms with E-state index in [2.05, 4.69) is 10.3 Å². The number of ether oxygens (including phenoxy) is 2. The Hall–Kier alpha value is -1.47. The number of esters is 1. The average molecular weight is 240 g/mol. The number of rotatable bonds is 4. The van der Waals surface area contributed by atoms with Gasteiger partial charge in [0.15, 0.2) is 5.69 Å². The molecule has 2 rings (SSSR count). The number of hydrogen-bond acceptors (Lipinski definition) is 6. The number of hydrogen-bond donors (Lipinski definition) is 1. The standard InChI is InChI=1S/C10H16N4O3/c11-3-4-14-7-9(12-13-14)10(15)17-8-1-5-16-6-2-8/h7-8H,1-6,11H2. The van der Waals surface area contributed by atoms with E-state index in [1.165, 1.54) is 4.68 Å². The van der Waals surface area contributed by atoms with Crippen LogP contribution in [0.15, 0.2) is 6.20 Å². The molecule has 2 heterocycles. The van der Waals surface area contributed by atoms with Gasteiger partial charge in [-0.25, -0.2) is 4.79 Å². The molecule has 2 N–H and O–H groups in total. The van der Waals surface area contributed by atoms with E-state index in [1.54, 1.807) is 6.20 Å². The van der Waals surface area contributed by atoms with Crippen LogP contribution in [0.1, 0.15) is 23.3 Å². The number of nitrogens with zero attached hydrogens (tertiary/aromatic N) is 3. The van der Waals surface area contributed by atoms with Crippen molar-refractivity contribution in [3.8, 4) is 0 Å². The summed E-state index contributed by atoms with van der Waals surface area (Å²) in [5.41, 5.74) is 5.60. The second-order valence-electron chi connectivity index (χ2n) is 3.87. The first-order chi connectivity index (χ1) is 8.29. The van der Waals surface area contributed by atoms with Gasteiger partial charge in [-0.05, 0) is 0 Å². The monoisotopic (exact) mass is 240 g/mol. The molecule has 1 aliphatic rings. The lowest BCUT2D eigenvalue weighted by atomic mass is 10.1. The molecule has 0 radical (unpaired) electrons. The van der Waals surface area contributed by atoms with Gasteiger partial charge in [0.25, 0.3) is 0 Å². The summed E-state index contributed by atoms with van der Waals surface area (Å²) in [5.74, 6) is -0.430. The zero-order chi connectivity index (χ0) is 12.1. The number of carbonyl (C=O) groups is 1. The van der Waals surface area contributed by atoms with Crippen LogP contribution in [0.2, 0.25) is 0 Å². The molecule has 1 saturated heterocycles. The maximum Gasteiger partial charge on any atom is 0.360 e. The lowest BCUT2D eigenvalue weighted by Crippen LogP contribution is -2.26. The molecule has 0 amide bonds. The van der Waals surface area contributed by atoms with Gasteiger partial charge >= 0.3 is 5.97 Å². The van der Waals surface area contributed by atoms with E-state index in [-0.39, 0.29) is 11.8 Å². The van der Waals surface area contributed by atoms with E-state index >= 15 is 0 Å². The first-order valence-corrected chi connectivity index (χ1v) is 5.68. The summed E-state index contributed by atoms with van der Waals surface area (Å²) in [7, 11) is 0. The highest BCUT2D eigenvalue weighted by atomic mass is 16.6. The Morgan fingerprint density at radius 3 is 3.06 bits per heavy atom. The van der Waals surface area contributed by atoms with E-state index in [4.69, 9.17) is 15.2 Å². The zero-order valence-electron chi connectivity index (χ0n) is 9.54. The quantitative estimate of drug-likeness (QED) is 0.718. The molecule has 0 aliphatic carbocycles. The molecule has 1 fully saturated rings. The van der Waals surface area contributed by atoms with Crippen molar-refractivity contribution in [1.82, 2.24) is 15.0 Å². The molecular formula is C10H16N4O3. The van der Waals surface area contributed by atoms with Crippen molar-refractivity contribution in [1.29, 1.82) is 0 Å². The van der Waals surface area contributed by atoms with Gasteiger partial charge in [-0.3, -0.25) is 4.68 Å². The van der Waals surface area contributed by atoms with Crippen LogP contribution in [0.4, 0.5) is 0 Å². The minimum absolute atomic E-state index is 0.0732. The molecule has 1 aromatic rings. The van der Waals surface area contributed by atoms with E-state index in [0.29, 0.717) is 26.3 Å². The summed E-state index contributed by atoms with van der Waals surface area (Å²) < 4.78 is 12.0. The number of aromatic nitrogens is 3. The molecule has 94 valence electrons. The van der Waals surface area contributed by atoms with Gasteiger partial charge in [-0.15, -0.1) is 5.10 Å². The zero-order valence-corrected chi connectivity index (χ0v) is 9.54. The Kier molecular flexibility index (Phi) is 4.05. The van der Waals surface area contributed by atoms with Crippen molar-refractivity contribution in [2.45, 2.75) is 25.5 Å². The minimum Gasteiger partial charge on any atom is -0.457 e. The van der Waals surface area contributed by atoms with Gasteiger partial charge < -0.3 is 15.2 Å². The number of carbonyl (C=O) groups excluding carboxylic acids is 1. The third kappa shape index (κ3) is 3.24. The van der Waals surface area contributed by atoms with Gasteiger partial charge in [-0.2, -0.15) is 0 Å². The third-order valence-corrected chi connectivity index (χ3v) is 2.55. The SMILES string of the molecule is NCCn1cc(C(=O)OC2CCOCC2)nn1. The molecule has 0 atom stereocenters. The van der Waals surface area contributed by atoms with Crippen LogP contribution in [0.25, 0.3) is 0 Å². The summed E-state index contributed by atoms with van der Waals surface area (Å²) in [5, 5.41) is 7.53. The fourth-order valence-corrected chi connectivity index (χ4v) is 1.64. The Balaban J connectivity index is 1.89. The highest BCUT2D eigenvalue weighted by Crippen LogP contribution is 2.12. The minimum atomic E-state index is -0.430. The van der Waals surface area contributed by atoms with Crippen molar-refractivity contribution in [2.75, 3.05) is 19.8 Å². The van der Waals surface area contributed by atoms with Crippen LogP contribution in [0.5, 0.6) is 0 Å². The Morgan fingerprint density at radius 1 is 1.59 bits per heavy atom. The molecule has 0 bridgehead atoms. The van der Waals surface area contributed by atoms with Crippen LogP contribution in [-0.4, -0.2) is 46.8 Å². The smallest absolute Gasteiger partial charge is 0.360 e. The van der Waals surface area contributed by atoms with Gasteiger partial charge in [0.05, 0.1) is 26.0 Å². The maximum absolute atomic E-state index is 11.7. The lowest BCUT2D eigenvalue weighted by Gasteiger charge is -2.21. The summed E-state index contributed by atoms with van der Waals surface area (Å²) in [6.45, 7) is 2.27. The maximum atomic E-state index is 11.7. The van der Waals surface area contributed by atoms with E-state index in [1.807, 2.05) is 0 Å².